The average molecular weight is 282 g/mol. The zero-order valence-electron chi connectivity index (χ0n) is 11.8. The molecule has 108 valence electrons. The maximum atomic E-state index is 13.3. The predicted molar refractivity (Wildman–Crippen MR) is 71.8 cm³/mol. The van der Waals surface area contributed by atoms with Gasteiger partial charge in [-0.05, 0) is 29.5 Å². The molecule has 1 aromatic carbocycles. The summed E-state index contributed by atoms with van der Waals surface area (Å²) in [6.45, 7) is 6.16. The minimum atomic E-state index is -4.33. The van der Waals surface area contributed by atoms with E-state index in [2.05, 4.69) is 4.98 Å². The number of benzene rings is 1. The van der Waals surface area contributed by atoms with Gasteiger partial charge in [-0.15, -0.1) is 0 Å². The van der Waals surface area contributed by atoms with Crippen LogP contribution in [0.1, 0.15) is 44.1 Å². The van der Waals surface area contributed by atoms with Crippen molar-refractivity contribution in [1.29, 1.82) is 0 Å². The van der Waals surface area contributed by atoms with Crippen molar-refractivity contribution in [1.82, 2.24) is 9.55 Å². The Morgan fingerprint density at radius 1 is 1.10 bits per heavy atom. The van der Waals surface area contributed by atoms with Gasteiger partial charge in [0.2, 0.25) is 0 Å². The molecule has 0 spiro atoms. The van der Waals surface area contributed by atoms with Crippen LogP contribution in [0.15, 0.2) is 12.1 Å². The Labute approximate surface area is 115 Å². The minimum Gasteiger partial charge on any atom is -0.328 e. The molecule has 3 rings (SSSR count). The lowest BCUT2D eigenvalue weighted by atomic mass is 9.83. The summed E-state index contributed by atoms with van der Waals surface area (Å²) in [4.78, 5) is 4.49. The van der Waals surface area contributed by atoms with E-state index in [1.54, 1.807) is 26.8 Å². The first-order valence-electron chi connectivity index (χ1n) is 6.79. The lowest BCUT2D eigenvalue weighted by Crippen LogP contribution is -2.19. The number of aryl methyl sites for hydroxylation is 2. The summed E-state index contributed by atoms with van der Waals surface area (Å²) >= 11 is 0. The maximum absolute atomic E-state index is 13.3. The van der Waals surface area contributed by atoms with Gasteiger partial charge in [0, 0.05) is 13.0 Å². The number of hydrogen-bond donors (Lipinski definition) is 0. The van der Waals surface area contributed by atoms with Crippen LogP contribution in [-0.4, -0.2) is 9.55 Å². The van der Waals surface area contributed by atoms with Crippen LogP contribution in [0, 0.1) is 0 Å². The zero-order chi connectivity index (χ0) is 14.7. The van der Waals surface area contributed by atoms with Gasteiger partial charge in [-0.2, -0.15) is 13.2 Å². The molecule has 0 saturated carbocycles. The maximum Gasteiger partial charge on any atom is 0.416 e. The van der Waals surface area contributed by atoms with E-state index >= 15 is 0 Å². The van der Waals surface area contributed by atoms with E-state index in [4.69, 9.17) is 0 Å². The Balaban J connectivity index is 2.33. The van der Waals surface area contributed by atoms with Crippen LogP contribution in [0.4, 0.5) is 13.2 Å². The zero-order valence-corrected chi connectivity index (χ0v) is 11.8. The van der Waals surface area contributed by atoms with Gasteiger partial charge in [-0.1, -0.05) is 20.8 Å². The Bertz CT molecular complexity index is 675. The third kappa shape index (κ3) is 2.00. The van der Waals surface area contributed by atoms with Gasteiger partial charge in [-0.25, -0.2) is 4.98 Å². The normalized spacial score (nSPS) is 15.9. The Morgan fingerprint density at radius 2 is 1.80 bits per heavy atom. The van der Waals surface area contributed by atoms with Crippen molar-refractivity contribution >= 4 is 11.0 Å². The first-order valence-corrected chi connectivity index (χ1v) is 6.79. The Kier molecular flexibility index (Phi) is 2.69. The second-order valence-corrected chi connectivity index (χ2v) is 6.42. The summed E-state index contributed by atoms with van der Waals surface area (Å²) in [6, 6.07) is 2.89. The summed E-state index contributed by atoms with van der Waals surface area (Å²) < 4.78 is 41.9. The second kappa shape index (κ2) is 3.99. The SMILES string of the molecule is CC(C)(C)c1cc2nc3n(c2cc1C(F)(F)F)CCC3. The molecular formula is C15H17F3N2. The van der Waals surface area contributed by atoms with Crippen molar-refractivity contribution in [2.24, 2.45) is 0 Å². The fourth-order valence-electron chi connectivity index (χ4n) is 2.91. The van der Waals surface area contributed by atoms with Gasteiger partial charge in [0.1, 0.15) is 5.82 Å². The van der Waals surface area contributed by atoms with Crippen LogP contribution in [0.2, 0.25) is 0 Å². The quantitative estimate of drug-likeness (QED) is 0.704. The number of nitrogens with zero attached hydrogens (tertiary/aromatic N) is 2. The predicted octanol–water partition coefficient (Wildman–Crippen LogP) is 4.30. The van der Waals surface area contributed by atoms with Crippen molar-refractivity contribution in [3.05, 3.63) is 29.1 Å². The first kappa shape index (κ1) is 13.5. The van der Waals surface area contributed by atoms with Crippen LogP contribution in [0.25, 0.3) is 11.0 Å². The second-order valence-electron chi connectivity index (χ2n) is 6.42. The molecular weight excluding hydrogens is 265 g/mol. The highest BCUT2D eigenvalue weighted by molar-refractivity contribution is 5.79. The highest BCUT2D eigenvalue weighted by Gasteiger charge is 2.37. The van der Waals surface area contributed by atoms with Crippen LogP contribution < -0.4 is 0 Å². The molecule has 1 aliphatic heterocycles. The highest BCUT2D eigenvalue weighted by Crippen LogP contribution is 2.40. The lowest BCUT2D eigenvalue weighted by molar-refractivity contribution is -0.138. The molecule has 0 bridgehead atoms. The molecule has 2 heterocycles. The molecule has 0 radical (unpaired) electrons. The topological polar surface area (TPSA) is 17.8 Å². The van der Waals surface area contributed by atoms with Crippen molar-refractivity contribution in [3.8, 4) is 0 Å². The van der Waals surface area contributed by atoms with E-state index in [9.17, 15) is 13.2 Å². The Hall–Kier alpha value is -1.52. The van der Waals surface area contributed by atoms with Gasteiger partial charge in [0.05, 0.1) is 16.6 Å². The fourth-order valence-corrected chi connectivity index (χ4v) is 2.91. The van der Waals surface area contributed by atoms with Crippen molar-refractivity contribution < 1.29 is 13.2 Å². The van der Waals surface area contributed by atoms with Gasteiger partial charge >= 0.3 is 6.18 Å². The van der Waals surface area contributed by atoms with E-state index in [0.717, 1.165) is 25.2 Å². The largest absolute Gasteiger partial charge is 0.416 e. The summed E-state index contributed by atoms with van der Waals surface area (Å²) in [7, 11) is 0. The summed E-state index contributed by atoms with van der Waals surface area (Å²) in [5, 5.41) is 0. The van der Waals surface area contributed by atoms with Crippen LogP contribution in [-0.2, 0) is 24.6 Å². The van der Waals surface area contributed by atoms with Gasteiger partial charge in [0.15, 0.2) is 0 Å². The van der Waals surface area contributed by atoms with Crippen LogP contribution in [0.5, 0.6) is 0 Å². The molecule has 0 saturated heterocycles. The van der Waals surface area contributed by atoms with E-state index in [1.165, 1.54) is 6.07 Å². The summed E-state index contributed by atoms with van der Waals surface area (Å²) in [5.74, 6) is 0.902. The number of imidazole rings is 1. The van der Waals surface area contributed by atoms with Crippen molar-refractivity contribution in [2.75, 3.05) is 0 Å². The molecule has 1 aromatic heterocycles. The molecule has 2 aromatic rings. The van der Waals surface area contributed by atoms with Crippen molar-refractivity contribution in [2.45, 2.75) is 51.7 Å². The molecule has 0 aliphatic carbocycles. The molecule has 0 N–H and O–H groups in total. The number of alkyl halides is 3. The third-order valence-corrected chi connectivity index (χ3v) is 3.86. The Morgan fingerprint density at radius 3 is 2.40 bits per heavy atom. The molecule has 1 aliphatic rings. The molecule has 0 atom stereocenters. The smallest absolute Gasteiger partial charge is 0.328 e. The molecule has 2 nitrogen and oxygen atoms in total. The fraction of sp³-hybridized carbons (Fsp3) is 0.533. The number of aromatic nitrogens is 2. The third-order valence-electron chi connectivity index (χ3n) is 3.86. The monoisotopic (exact) mass is 282 g/mol. The van der Waals surface area contributed by atoms with E-state index in [1.807, 2.05) is 4.57 Å². The highest BCUT2D eigenvalue weighted by atomic mass is 19.4. The van der Waals surface area contributed by atoms with E-state index in [-0.39, 0.29) is 0 Å². The first-order chi connectivity index (χ1) is 9.18. The number of fused-ring (bicyclic) bond motifs is 3. The average Bonchev–Trinajstić information content (AvgIpc) is 2.84. The minimum absolute atomic E-state index is 0.314. The molecule has 0 amide bonds. The lowest BCUT2D eigenvalue weighted by Gasteiger charge is -2.24. The number of hydrogen-bond acceptors (Lipinski definition) is 1. The molecule has 0 unspecified atom stereocenters. The van der Waals surface area contributed by atoms with E-state index < -0.39 is 17.2 Å². The molecule has 20 heavy (non-hydrogen) atoms. The number of halogens is 3. The van der Waals surface area contributed by atoms with Crippen LogP contribution >= 0.6 is 0 Å². The summed E-state index contributed by atoms with van der Waals surface area (Å²) in [6.07, 6.45) is -2.53. The number of rotatable bonds is 0. The van der Waals surface area contributed by atoms with Gasteiger partial charge < -0.3 is 4.57 Å². The van der Waals surface area contributed by atoms with Crippen molar-refractivity contribution in [3.63, 3.8) is 0 Å². The van der Waals surface area contributed by atoms with E-state index in [0.29, 0.717) is 16.6 Å². The van der Waals surface area contributed by atoms with Gasteiger partial charge in [0.25, 0.3) is 0 Å². The van der Waals surface area contributed by atoms with Crippen LogP contribution in [0.3, 0.4) is 0 Å². The summed E-state index contributed by atoms with van der Waals surface area (Å²) in [5.41, 5.74) is 0.504. The molecule has 0 fully saturated rings. The van der Waals surface area contributed by atoms with Gasteiger partial charge in [-0.3, -0.25) is 0 Å². The molecule has 5 heteroatoms. The standard InChI is InChI=1S/C15H17F3N2/c1-14(2,3)9-7-11-12(8-10(9)15(16,17)18)20-6-4-5-13(20)19-11/h7-8H,4-6H2,1-3H3.